The van der Waals surface area contributed by atoms with Gasteiger partial charge < -0.3 is 9.47 Å². The number of rotatable bonds is 4. The highest BCUT2D eigenvalue weighted by atomic mass is 32.2. The first kappa shape index (κ1) is 11.7. The zero-order valence-electron chi connectivity index (χ0n) is 9.16. The number of nitrogens with zero attached hydrogens (tertiary/aromatic N) is 1. The Hall–Kier alpha value is -1.82. The van der Waals surface area contributed by atoms with Crippen molar-refractivity contribution in [1.29, 1.82) is 0 Å². The lowest BCUT2D eigenvalue weighted by atomic mass is 10.3. The SMILES string of the molecule is COc1ccc(OCC2=NC=CS2(=O)=O)cc1. The summed E-state index contributed by atoms with van der Waals surface area (Å²) in [6, 6.07) is 6.87. The van der Waals surface area contributed by atoms with Gasteiger partial charge in [0.1, 0.15) is 18.1 Å². The highest BCUT2D eigenvalue weighted by Gasteiger charge is 2.20. The average molecular weight is 253 g/mol. The van der Waals surface area contributed by atoms with Gasteiger partial charge in [0.25, 0.3) is 0 Å². The molecule has 0 amide bonds. The Bertz CT molecular complexity index is 558. The standard InChI is InChI=1S/C11H11NO4S/c1-15-9-2-4-10(5-3-9)16-8-11-12-6-7-17(11,13)14/h2-7H,8H2,1H3. The lowest BCUT2D eigenvalue weighted by molar-refractivity contribution is 0.375. The Kier molecular flexibility index (Phi) is 3.14. The van der Waals surface area contributed by atoms with Gasteiger partial charge in [0.05, 0.1) is 12.5 Å². The van der Waals surface area contributed by atoms with Gasteiger partial charge in [-0.2, -0.15) is 0 Å². The van der Waals surface area contributed by atoms with Gasteiger partial charge in [0.15, 0.2) is 5.04 Å². The van der Waals surface area contributed by atoms with Crippen molar-refractivity contribution in [3.8, 4) is 11.5 Å². The number of hydrogen-bond donors (Lipinski definition) is 0. The van der Waals surface area contributed by atoms with Crippen LogP contribution in [0.15, 0.2) is 40.9 Å². The van der Waals surface area contributed by atoms with Crippen molar-refractivity contribution in [2.24, 2.45) is 4.99 Å². The van der Waals surface area contributed by atoms with Crippen LogP contribution in [0.25, 0.3) is 0 Å². The molecule has 0 fully saturated rings. The molecule has 2 rings (SSSR count). The first-order valence-corrected chi connectivity index (χ1v) is 6.41. The van der Waals surface area contributed by atoms with Crippen LogP contribution >= 0.6 is 0 Å². The van der Waals surface area contributed by atoms with Crippen LogP contribution in [0, 0.1) is 0 Å². The number of sulfone groups is 1. The Balaban J connectivity index is 1.99. The largest absolute Gasteiger partial charge is 0.497 e. The number of ether oxygens (including phenoxy) is 2. The molecule has 1 aromatic carbocycles. The van der Waals surface area contributed by atoms with Gasteiger partial charge in [-0.25, -0.2) is 13.4 Å². The Morgan fingerprint density at radius 1 is 1.18 bits per heavy atom. The number of benzene rings is 1. The summed E-state index contributed by atoms with van der Waals surface area (Å²) in [5.41, 5.74) is 0. The maximum Gasteiger partial charge on any atom is 0.218 e. The minimum Gasteiger partial charge on any atom is -0.497 e. The van der Waals surface area contributed by atoms with Gasteiger partial charge in [0.2, 0.25) is 9.84 Å². The van der Waals surface area contributed by atoms with Crippen molar-refractivity contribution in [2.75, 3.05) is 13.7 Å². The zero-order valence-corrected chi connectivity index (χ0v) is 9.98. The molecular formula is C11H11NO4S. The van der Waals surface area contributed by atoms with E-state index in [1.807, 2.05) is 0 Å². The fourth-order valence-corrected chi connectivity index (χ4v) is 2.09. The topological polar surface area (TPSA) is 65.0 Å². The van der Waals surface area contributed by atoms with E-state index in [0.717, 1.165) is 5.41 Å². The van der Waals surface area contributed by atoms with Crippen molar-refractivity contribution in [3.05, 3.63) is 35.9 Å². The first-order chi connectivity index (χ1) is 8.12. The van der Waals surface area contributed by atoms with Crippen LogP contribution in [0.5, 0.6) is 11.5 Å². The maximum atomic E-state index is 11.4. The predicted octanol–water partition coefficient (Wildman–Crippen LogP) is 1.37. The summed E-state index contributed by atoms with van der Waals surface area (Å²) in [5, 5.41) is 1.08. The molecule has 1 heterocycles. The van der Waals surface area contributed by atoms with E-state index in [2.05, 4.69) is 4.99 Å². The molecule has 6 heteroatoms. The molecule has 0 bridgehead atoms. The van der Waals surface area contributed by atoms with Crippen LogP contribution in [0.3, 0.4) is 0 Å². The van der Waals surface area contributed by atoms with Crippen LogP contribution in [0.1, 0.15) is 0 Å². The Morgan fingerprint density at radius 3 is 2.35 bits per heavy atom. The van der Waals surface area contributed by atoms with Gasteiger partial charge in [-0.1, -0.05) is 0 Å². The highest BCUT2D eigenvalue weighted by Crippen LogP contribution is 2.17. The molecule has 90 valence electrons. The molecule has 0 unspecified atom stereocenters. The lowest BCUT2D eigenvalue weighted by Gasteiger charge is -2.06. The van der Waals surface area contributed by atoms with Crippen LogP contribution in [-0.4, -0.2) is 27.2 Å². The van der Waals surface area contributed by atoms with Gasteiger partial charge in [-0.05, 0) is 24.3 Å². The van der Waals surface area contributed by atoms with Crippen molar-refractivity contribution in [2.45, 2.75) is 0 Å². The van der Waals surface area contributed by atoms with E-state index in [4.69, 9.17) is 9.47 Å². The summed E-state index contributed by atoms with van der Waals surface area (Å²) in [5.74, 6) is 1.28. The van der Waals surface area contributed by atoms with E-state index in [-0.39, 0.29) is 11.7 Å². The molecule has 1 aliphatic rings. The summed E-state index contributed by atoms with van der Waals surface area (Å²) in [6.45, 7) is -0.0678. The fourth-order valence-electron chi connectivity index (χ4n) is 1.28. The molecule has 0 N–H and O–H groups in total. The third-order valence-electron chi connectivity index (χ3n) is 2.21. The molecule has 0 atom stereocenters. The van der Waals surface area contributed by atoms with Crippen LogP contribution in [-0.2, 0) is 9.84 Å². The molecule has 1 aliphatic heterocycles. The van der Waals surface area contributed by atoms with Gasteiger partial charge in [-0.3, -0.25) is 0 Å². The lowest BCUT2D eigenvalue weighted by Crippen LogP contribution is -2.17. The van der Waals surface area contributed by atoms with E-state index < -0.39 is 9.84 Å². The smallest absolute Gasteiger partial charge is 0.218 e. The molecule has 17 heavy (non-hydrogen) atoms. The van der Waals surface area contributed by atoms with Crippen LogP contribution in [0.4, 0.5) is 0 Å². The summed E-state index contributed by atoms with van der Waals surface area (Å²) in [7, 11) is -1.78. The second-order valence-electron chi connectivity index (χ2n) is 3.32. The third-order valence-corrected chi connectivity index (χ3v) is 3.57. The second-order valence-corrected chi connectivity index (χ2v) is 5.15. The Labute approximate surface area is 99.3 Å². The van der Waals surface area contributed by atoms with Crippen LogP contribution < -0.4 is 9.47 Å². The minimum absolute atomic E-state index is 0.0216. The quantitative estimate of drug-likeness (QED) is 0.813. The third kappa shape index (κ3) is 2.65. The monoisotopic (exact) mass is 253 g/mol. The van der Waals surface area contributed by atoms with Crippen molar-refractivity contribution in [1.82, 2.24) is 0 Å². The van der Waals surface area contributed by atoms with Crippen LogP contribution in [0.2, 0.25) is 0 Å². The van der Waals surface area contributed by atoms with Gasteiger partial charge >= 0.3 is 0 Å². The molecular weight excluding hydrogens is 242 g/mol. The Morgan fingerprint density at radius 2 is 1.82 bits per heavy atom. The number of hydrogen-bond acceptors (Lipinski definition) is 5. The van der Waals surface area contributed by atoms with E-state index >= 15 is 0 Å². The summed E-state index contributed by atoms with van der Waals surface area (Å²) in [4.78, 5) is 3.74. The minimum atomic E-state index is -3.35. The molecule has 0 aromatic heterocycles. The van der Waals surface area contributed by atoms with Crippen molar-refractivity contribution >= 4 is 14.9 Å². The van der Waals surface area contributed by atoms with E-state index in [9.17, 15) is 8.42 Å². The molecule has 0 radical (unpaired) electrons. The average Bonchev–Trinajstić information content (AvgIpc) is 2.66. The van der Waals surface area contributed by atoms with Gasteiger partial charge in [0, 0.05) is 6.20 Å². The number of methoxy groups -OCH3 is 1. The van der Waals surface area contributed by atoms with E-state index in [1.54, 1.807) is 31.4 Å². The summed E-state index contributed by atoms with van der Waals surface area (Å²) < 4.78 is 33.0. The molecule has 5 nitrogen and oxygen atoms in total. The molecule has 0 spiro atoms. The molecule has 1 aromatic rings. The summed E-state index contributed by atoms with van der Waals surface area (Å²) in [6.07, 6.45) is 1.25. The van der Waals surface area contributed by atoms with E-state index in [0.29, 0.717) is 11.5 Å². The first-order valence-electron chi connectivity index (χ1n) is 4.87. The molecule has 0 saturated carbocycles. The molecule has 0 aliphatic carbocycles. The van der Waals surface area contributed by atoms with Gasteiger partial charge in [-0.15, -0.1) is 0 Å². The molecule has 0 saturated heterocycles. The van der Waals surface area contributed by atoms with E-state index in [1.165, 1.54) is 6.20 Å². The van der Waals surface area contributed by atoms with Crippen molar-refractivity contribution < 1.29 is 17.9 Å². The zero-order chi connectivity index (χ0) is 12.3. The highest BCUT2D eigenvalue weighted by molar-refractivity contribution is 8.09. The summed E-state index contributed by atoms with van der Waals surface area (Å²) >= 11 is 0. The number of aliphatic imine (C=N–C) groups is 1. The normalized spacial score (nSPS) is 16.6. The fraction of sp³-hybridized carbons (Fsp3) is 0.182. The second kappa shape index (κ2) is 4.58. The predicted molar refractivity (Wildman–Crippen MR) is 64.0 cm³/mol. The maximum absolute atomic E-state index is 11.4. The van der Waals surface area contributed by atoms with Crippen molar-refractivity contribution in [3.63, 3.8) is 0 Å².